The number of imidazole rings is 2. The summed E-state index contributed by atoms with van der Waals surface area (Å²) in [6.07, 6.45) is -10.1. The first-order valence-corrected chi connectivity index (χ1v) is 16.1. The van der Waals surface area contributed by atoms with Crippen molar-refractivity contribution in [2.75, 3.05) is 18.9 Å². The summed E-state index contributed by atoms with van der Waals surface area (Å²) < 4.78 is 76.4. The molecule has 2 bridgehead atoms. The van der Waals surface area contributed by atoms with Crippen LogP contribution < -0.4 is 11.3 Å². The number of hydrogen-bond acceptors (Lipinski definition) is 16. The molecule has 0 saturated carbocycles. The summed E-state index contributed by atoms with van der Waals surface area (Å²) in [5, 5.41) is 11.1. The highest BCUT2D eigenvalue weighted by atomic mass is 31.2. The Morgan fingerprint density at radius 3 is 2.29 bits per heavy atom. The zero-order valence-corrected chi connectivity index (χ0v) is 24.6. The third kappa shape index (κ3) is 5.36. The number of ether oxygens (including phenoxy) is 2. The van der Waals surface area contributed by atoms with Crippen molar-refractivity contribution in [3.8, 4) is 0 Å². The van der Waals surface area contributed by atoms with Crippen LogP contribution in [0.25, 0.3) is 22.3 Å². The van der Waals surface area contributed by atoms with Crippen molar-refractivity contribution in [3.63, 3.8) is 0 Å². The van der Waals surface area contributed by atoms with Crippen LogP contribution >= 0.6 is 15.6 Å². The number of alkyl halides is 1. The number of aromatic nitrogens is 8. The molecule has 4 unspecified atom stereocenters. The number of aryl methyl sites for hydroxylation is 1. The van der Waals surface area contributed by atoms with E-state index in [0.717, 1.165) is 10.9 Å². The molecule has 24 heteroatoms. The minimum absolute atomic E-state index is 0.115. The average Bonchev–Trinajstić information content (AvgIpc) is 3.72. The van der Waals surface area contributed by atoms with Gasteiger partial charge in [-0.15, -0.1) is 0 Å². The molecule has 0 radical (unpaired) electrons. The maximum Gasteiger partial charge on any atom is 0.472 e. The number of rotatable bonds is 2. The van der Waals surface area contributed by atoms with Crippen molar-refractivity contribution in [1.29, 1.82) is 0 Å². The van der Waals surface area contributed by atoms with Crippen LogP contribution in [0.2, 0.25) is 0 Å². The highest BCUT2D eigenvalue weighted by Gasteiger charge is 2.54. The summed E-state index contributed by atoms with van der Waals surface area (Å²) >= 11 is 0. The molecule has 7 rings (SSSR count). The van der Waals surface area contributed by atoms with Crippen LogP contribution in [-0.2, 0) is 36.7 Å². The lowest BCUT2D eigenvalue weighted by Crippen LogP contribution is -2.36. The van der Waals surface area contributed by atoms with E-state index in [1.165, 1.54) is 17.2 Å². The Morgan fingerprint density at radius 1 is 0.933 bits per heavy atom. The maximum absolute atomic E-state index is 15.7. The molecule has 21 nitrogen and oxygen atoms in total. The fourth-order valence-electron chi connectivity index (χ4n) is 5.37. The largest absolute Gasteiger partial charge is 0.472 e. The number of aliphatic hydroxyl groups is 1. The number of nitrogens with one attached hydrogen (secondary N) is 1. The number of nitrogens with two attached hydrogens (primary N) is 1. The van der Waals surface area contributed by atoms with Crippen molar-refractivity contribution in [1.82, 2.24) is 39.0 Å². The van der Waals surface area contributed by atoms with E-state index in [9.17, 15) is 28.8 Å². The Morgan fingerprint density at radius 2 is 1.56 bits per heavy atom. The van der Waals surface area contributed by atoms with Crippen LogP contribution in [0.4, 0.5) is 10.3 Å². The molecule has 3 fully saturated rings. The first kappa shape index (κ1) is 30.4. The van der Waals surface area contributed by atoms with Crippen LogP contribution in [0, 0.1) is 6.92 Å². The van der Waals surface area contributed by atoms with Crippen LogP contribution in [0.5, 0.6) is 0 Å². The SMILES string of the molecule is Cc1ncnc2c1ncn2[C@@H]1O[C@@H]2COP(=O)(O)O[C@H]3C(O)[C@H](n4cnc5c(=O)[nH]c(N)nc54)O[C@@H]3COP(=O)(O)O[C@@H]1C2F. The molecule has 3 saturated heterocycles. The van der Waals surface area contributed by atoms with Gasteiger partial charge in [0, 0.05) is 0 Å². The molecule has 3 aliphatic rings. The Kier molecular flexibility index (Phi) is 7.37. The molecule has 0 spiro atoms. The lowest BCUT2D eigenvalue weighted by Gasteiger charge is -2.25. The third-order valence-corrected chi connectivity index (χ3v) is 9.40. The molecule has 0 aromatic carbocycles. The number of phosphoric ester groups is 2. The zero-order chi connectivity index (χ0) is 31.8. The first-order chi connectivity index (χ1) is 21.3. The Balaban J connectivity index is 1.21. The third-order valence-electron chi connectivity index (χ3n) is 7.43. The molecule has 6 N–H and O–H groups in total. The number of aromatic amines is 1. The average molecular weight is 675 g/mol. The highest BCUT2D eigenvalue weighted by Crippen LogP contribution is 2.54. The van der Waals surface area contributed by atoms with Gasteiger partial charge in [-0.3, -0.25) is 37.0 Å². The van der Waals surface area contributed by atoms with Crippen molar-refractivity contribution in [2.45, 2.75) is 56.1 Å². The van der Waals surface area contributed by atoms with Gasteiger partial charge < -0.3 is 30.1 Å². The fourth-order valence-corrected chi connectivity index (χ4v) is 7.26. The molecule has 45 heavy (non-hydrogen) atoms. The molecule has 242 valence electrons. The predicted octanol–water partition coefficient (Wildman–Crippen LogP) is -0.638. The lowest BCUT2D eigenvalue weighted by molar-refractivity contribution is -0.0671. The molecule has 4 aromatic heterocycles. The Hall–Kier alpha value is -3.27. The summed E-state index contributed by atoms with van der Waals surface area (Å²) in [6.45, 7) is -0.112. The summed E-state index contributed by atoms with van der Waals surface area (Å²) in [5.41, 5.74) is 5.68. The molecule has 0 amide bonds. The van der Waals surface area contributed by atoms with Gasteiger partial charge in [0.2, 0.25) is 5.95 Å². The Labute approximate surface area is 249 Å². The van der Waals surface area contributed by atoms with Crippen LogP contribution in [-0.4, -0.2) is 104 Å². The number of halogens is 1. The van der Waals surface area contributed by atoms with Crippen molar-refractivity contribution < 1.29 is 56.0 Å². The van der Waals surface area contributed by atoms with Gasteiger partial charge in [-0.05, 0) is 6.92 Å². The van der Waals surface area contributed by atoms with Gasteiger partial charge in [-0.2, -0.15) is 4.98 Å². The van der Waals surface area contributed by atoms with E-state index >= 15 is 4.39 Å². The molecular weight excluding hydrogens is 651 g/mol. The second kappa shape index (κ2) is 10.9. The topological polar surface area (TPSA) is 283 Å². The molecule has 3 aliphatic heterocycles. The minimum atomic E-state index is -5.15. The van der Waals surface area contributed by atoms with Crippen molar-refractivity contribution in [2.24, 2.45) is 0 Å². The van der Waals surface area contributed by atoms with Crippen molar-refractivity contribution >= 4 is 43.9 Å². The monoisotopic (exact) mass is 675 g/mol. The molecular formula is C21H24FN9O12P2. The van der Waals surface area contributed by atoms with Gasteiger partial charge in [-0.25, -0.2) is 33.5 Å². The van der Waals surface area contributed by atoms with E-state index in [1.54, 1.807) is 6.92 Å². The van der Waals surface area contributed by atoms with Crippen LogP contribution in [0.1, 0.15) is 18.1 Å². The standard InChI is InChI=1S/C21H24FN9O12P2/c1-7-11-16(25-4-24-7)30(5-26-11)20-15-10(22)8(40-20)2-38-44(34,35)42-14-9(3-39-45(36,37)43-15)41-19(13(14)32)31-6-27-12-17(31)28-21(23)29-18(12)33/h4-6,8-10,13-15,19-20,32H,2-3H2,1H3,(H,34,35)(H,36,37)(H3,23,28,29,33)/t8-,9-,10?,13?,14-,15-,19-,20-/m1/s1. The minimum Gasteiger partial charge on any atom is -0.386 e. The van der Waals surface area contributed by atoms with Gasteiger partial charge in [0.25, 0.3) is 5.56 Å². The number of nitrogens with zero attached hydrogens (tertiary/aromatic N) is 7. The predicted molar refractivity (Wildman–Crippen MR) is 143 cm³/mol. The number of anilines is 1. The summed E-state index contributed by atoms with van der Waals surface area (Å²) in [5.74, 6) is -0.275. The van der Waals surface area contributed by atoms with E-state index in [0.29, 0.717) is 11.2 Å². The quantitative estimate of drug-likeness (QED) is 0.165. The lowest BCUT2D eigenvalue weighted by atomic mass is 10.1. The van der Waals surface area contributed by atoms with E-state index in [-0.39, 0.29) is 22.8 Å². The van der Waals surface area contributed by atoms with Gasteiger partial charge in [-0.1, -0.05) is 0 Å². The smallest absolute Gasteiger partial charge is 0.386 e. The highest BCUT2D eigenvalue weighted by molar-refractivity contribution is 7.47. The van der Waals surface area contributed by atoms with E-state index in [1.807, 2.05) is 0 Å². The van der Waals surface area contributed by atoms with Crippen molar-refractivity contribution in [3.05, 3.63) is 35.0 Å². The summed E-state index contributed by atoms with van der Waals surface area (Å²) in [6, 6.07) is 0. The second-order valence-electron chi connectivity index (χ2n) is 10.3. The number of H-pyrrole nitrogens is 1. The number of aliphatic hydroxyl groups excluding tert-OH is 1. The normalized spacial score (nSPS) is 37.7. The molecule has 10 atom stereocenters. The maximum atomic E-state index is 15.7. The van der Waals surface area contributed by atoms with E-state index in [2.05, 4.69) is 29.9 Å². The zero-order valence-electron chi connectivity index (χ0n) is 22.8. The number of nitrogen functional groups attached to an aromatic ring is 1. The first-order valence-electron chi connectivity index (χ1n) is 13.1. The molecule has 0 aliphatic carbocycles. The van der Waals surface area contributed by atoms with Crippen LogP contribution in [0.15, 0.2) is 23.8 Å². The van der Waals surface area contributed by atoms with Crippen LogP contribution in [0.3, 0.4) is 0 Å². The summed E-state index contributed by atoms with van der Waals surface area (Å²) in [7, 11) is -10.3. The Bertz CT molecular complexity index is 1940. The van der Waals surface area contributed by atoms with Gasteiger partial charge in [0.05, 0.1) is 31.6 Å². The summed E-state index contributed by atoms with van der Waals surface area (Å²) in [4.78, 5) is 56.0. The number of hydrogen-bond donors (Lipinski definition) is 5. The van der Waals surface area contributed by atoms with E-state index < -0.39 is 83.6 Å². The van der Waals surface area contributed by atoms with Gasteiger partial charge in [0.1, 0.15) is 42.4 Å². The molecule has 4 aromatic rings. The van der Waals surface area contributed by atoms with E-state index in [4.69, 9.17) is 33.3 Å². The second-order valence-corrected chi connectivity index (χ2v) is 13.1. The number of phosphoric acid groups is 2. The van der Waals surface area contributed by atoms with Gasteiger partial charge >= 0.3 is 15.6 Å². The molecule has 7 heterocycles. The van der Waals surface area contributed by atoms with Gasteiger partial charge in [0.15, 0.2) is 35.4 Å². The number of fused-ring (bicyclic) bond motifs is 5. The fraction of sp³-hybridized carbons (Fsp3) is 0.524.